The van der Waals surface area contributed by atoms with Crippen molar-refractivity contribution in [1.29, 1.82) is 0 Å². The molecule has 234 valence electrons. The van der Waals surface area contributed by atoms with Gasteiger partial charge in [-0.05, 0) is 81.1 Å². The number of rotatable bonds is 9. The topological polar surface area (TPSA) is 109 Å². The molecule has 0 fully saturated rings. The Hall–Kier alpha value is -4.45. The molecule has 6 aromatic rings. The first-order valence-corrected chi connectivity index (χ1v) is 16.9. The minimum Gasteiger partial charge on any atom is -0.508 e. The molecule has 3 heterocycles. The first-order chi connectivity index (χ1) is 22.1. The molecule has 12 heteroatoms. The number of pyridine rings is 1. The van der Waals surface area contributed by atoms with E-state index in [1.807, 2.05) is 90.5 Å². The molecule has 0 saturated heterocycles. The summed E-state index contributed by atoms with van der Waals surface area (Å²) < 4.78 is 3.39. The number of halogens is 1. The van der Waals surface area contributed by atoms with Crippen molar-refractivity contribution in [3.8, 4) is 22.8 Å². The third-order valence-corrected chi connectivity index (χ3v) is 10.2. The van der Waals surface area contributed by atoms with Crippen LogP contribution in [0.5, 0.6) is 5.75 Å². The Morgan fingerprint density at radius 3 is 2.57 bits per heavy atom. The molecular weight excluding hydrogens is 638 g/mol. The number of aryl methyl sites for hydroxylation is 1. The SMILES string of the molecule is CSC(C)(C)c1cc(NC(=O)NCc2ccccc2Sc2ccc3nnc(-c4cc(O)ccc4Cl)n3c2)n(-c2ccc(C)cc2)n1. The molecule has 2 amide bonds. The molecule has 3 N–H and O–H groups in total. The van der Waals surface area contributed by atoms with Gasteiger partial charge in [-0.15, -0.1) is 10.2 Å². The van der Waals surface area contributed by atoms with Gasteiger partial charge in [0.05, 0.1) is 21.2 Å². The lowest BCUT2D eigenvalue weighted by atomic mass is 10.1. The number of phenolic OH excluding ortho intramolecular Hbond substituents is 1. The maximum Gasteiger partial charge on any atom is 0.320 e. The van der Waals surface area contributed by atoms with E-state index < -0.39 is 0 Å². The second-order valence-corrected chi connectivity index (χ2v) is 14.1. The van der Waals surface area contributed by atoms with Gasteiger partial charge in [0, 0.05) is 34.2 Å². The van der Waals surface area contributed by atoms with Crippen LogP contribution >= 0.6 is 35.1 Å². The Balaban J connectivity index is 1.20. The zero-order valence-electron chi connectivity index (χ0n) is 25.7. The lowest BCUT2D eigenvalue weighted by Crippen LogP contribution is -2.29. The highest BCUT2D eigenvalue weighted by atomic mass is 35.5. The van der Waals surface area contributed by atoms with E-state index >= 15 is 0 Å². The minimum absolute atomic E-state index is 0.0935. The van der Waals surface area contributed by atoms with E-state index in [0.29, 0.717) is 34.4 Å². The monoisotopic (exact) mass is 669 g/mol. The maximum absolute atomic E-state index is 13.2. The van der Waals surface area contributed by atoms with Crippen LogP contribution in [0.15, 0.2) is 101 Å². The minimum atomic E-state index is -0.333. The predicted molar refractivity (Wildman–Crippen MR) is 186 cm³/mol. The van der Waals surface area contributed by atoms with Gasteiger partial charge in [0.2, 0.25) is 0 Å². The van der Waals surface area contributed by atoms with Gasteiger partial charge in [-0.3, -0.25) is 9.72 Å². The van der Waals surface area contributed by atoms with Gasteiger partial charge in [-0.1, -0.05) is 59.3 Å². The predicted octanol–water partition coefficient (Wildman–Crippen LogP) is 8.32. The summed E-state index contributed by atoms with van der Waals surface area (Å²) in [6, 6.07) is 26.2. The molecule has 0 aliphatic rings. The summed E-state index contributed by atoms with van der Waals surface area (Å²) in [5.41, 5.74) is 5.08. The summed E-state index contributed by atoms with van der Waals surface area (Å²) in [5, 5.41) is 29.9. The van der Waals surface area contributed by atoms with Gasteiger partial charge >= 0.3 is 6.03 Å². The van der Waals surface area contributed by atoms with Crippen molar-refractivity contribution in [1.82, 2.24) is 29.7 Å². The number of benzene rings is 3. The van der Waals surface area contributed by atoms with Gasteiger partial charge in [-0.25, -0.2) is 9.48 Å². The van der Waals surface area contributed by atoms with Crippen molar-refractivity contribution in [2.24, 2.45) is 0 Å². The van der Waals surface area contributed by atoms with E-state index in [-0.39, 0.29) is 16.5 Å². The zero-order chi connectivity index (χ0) is 32.4. The fraction of sp³-hybridized carbons (Fsp3) is 0.176. The fourth-order valence-electron chi connectivity index (χ4n) is 4.76. The third kappa shape index (κ3) is 6.72. The van der Waals surface area contributed by atoms with Crippen LogP contribution in [-0.2, 0) is 11.3 Å². The zero-order valence-corrected chi connectivity index (χ0v) is 28.0. The van der Waals surface area contributed by atoms with Crippen LogP contribution in [0.2, 0.25) is 5.02 Å². The molecule has 0 saturated carbocycles. The molecule has 46 heavy (non-hydrogen) atoms. The number of nitrogens with one attached hydrogen (secondary N) is 2. The molecule has 0 unspecified atom stereocenters. The second-order valence-electron chi connectivity index (χ2n) is 11.2. The number of nitrogens with zero attached hydrogens (tertiary/aromatic N) is 5. The second kappa shape index (κ2) is 13.1. The Morgan fingerprint density at radius 1 is 1.00 bits per heavy atom. The molecule has 0 radical (unpaired) electrons. The Bertz CT molecular complexity index is 2040. The number of fused-ring (bicyclic) bond motifs is 1. The number of hydrogen-bond donors (Lipinski definition) is 3. The van der Waals surface area contributed by atoms with E-state index in [1.165, 1.54) is 6.07 Å². The summed E-state index contributed by atoms with van der Waals surface area (Å²) in [5.74, 6) is 1.21. The van der Waals surface area contributed by atoms with Crippen LogP contribution < -0.4 is 10.6 Å². The van der Waals surface area contributed by atoms with Crippen LogP contribution in [0, 0.1) is 6.92 Å². The van der Waals surface area contributed by atoms with Crippen molar-refractivity contribution >= 4 is 52.6 Å². The van der Waals surface area contributed by atoms with E-state index in [0.717, 1.165) is 32.3 Å². The summed E-state index contributed by atoms with van der Waals surface area (Å²) in [6.07, 6.45) is 3.99. The van der Waals surface area contributed by atoms with Crippen LogP contribution in [0.3, 0.4) is 0 Å². The largest absolute Gasteiger partial charge is 0.508 e. The van der Waals surface area contributed by atoms with E-state index in [1.54, 1.807) is 40.3 Å². The number of amides is 2. The number of carbonyl (C=O) groups excluding carboxylic acids is 1. The summed E-state index contributed by atoms with van der Waals surface area (Å²) >= 11 is 9.68. The highest BCUT2D eigenvalue weighted by molar-refractivity contribution is 7.99. The maximum atomic E-state index is 13.2. The number of hydrogen-bond acceptors (Lipinski definition) is 7. The first-order valence-electron chi connectivity index (χ1n) is 14.5. The van der Waals surface area contributed by atoms with E-state index in [4.69, 9.17) is 16.7 Å². The van der Waals surface area contributed by atoms with Crippen molar-refractivity contribution in [2.45, 2.75) is 41.9 Å². The normalized spacial score (nSPS) is 11.6. The Labute approximate surface area is 280 Å². The van der Waals surface area contributed by atoms with Crippen LogP contribution in [0.1, 0.15) is 30.7 Å². The molecule has 9 nitrogen and oxygen atoms in total. The van der Waals surface area contributed by atoms with Gasteiger partial charge < -0.3 is 10.4 Å². The Morgan fingerprint density at radius 2 is 1.78 bits per heavy atom. The number of aromatic hydroxyl groups is 1. The lowest BCUT2D eigenvalue weighted by molar-refractivity contribution is 0.251. The molecule has 3 aromatic carbocycles. The fourth-order valence-corrected chi connectivity index (χ4v) is 6.24. The smallest absolute Gasteiger partial charge is 0.320 e. The van der Waals surface area contributed by atoms with E-state index in [2.05, 4.69) is 34.7 Å². The average Bonchev–Trinajstić information content (AvgIpc) is 3.67. The standard InChI is InChI=1S/C34H32ClN7O2S2/c1-21-9-11-23(12-10-21)42-31(18-29(40-42)34(2,3)45-4)37-33(44)36-19-22-7-5-6-8-28(22)46-25-14-16-30-38-39-32(41(30)20-25)26-17-24(43)13-15-27(26)35/h5-18,20,43H,19H2,1-4H3,(H2,36,37,44). The van der Waals surface area contributed by atoms with Crippen molar-refractivity contribution < 1.29 is 9.90 Å². The van der Waals surface area contributed by atoms with Crippen LogP contribution in [0.4, 0.5) is 10.6 Å². The number of carbonyl (C=O) groups is 1. The van der Waals surface area contributed by atoms with Crippen molar-refractivity contribution in [2.75, 3.05) is 11.6 Å². The highest BCUT2D eigenvalue weighted by Gasteiger charge is 2.25. The Kier molecular flexibility index (Phi) is 8.99. The highest BCUT2D eigenvalue weighted by Crippen LogP contribution is 2.36. The van der Waals surface area contributed by atoms with Crippen molar-refractivity contribution in [3.63, 3.8) is 0 Å². The average molecular weight is 670 g/mol. The third-order valence-electron chi connectivity index (χ3n) is 7.56. The quantitative estimate of drug-likeness (QED) is 0.142. The van der Waals surface area contributed by atoms with Gasteiger partial charge in [0.15, 0.2) is 11.5 Å². The molecule has 0 aliphatic heterocycles. The van der Waals surface area contributed by atoms with Gasteiger partial charge in [-0.2, -0.15) is 16.9 Å². The number of phenols is 1. The molecule has 0 aliphatic carbocycles. The molecule has 3 aromatic heterocycles. The number of aromatic nitrogens is 5. The summed E-state index contributed by atoms with van der Waals surface area (Å²) in [7, 11) is 0. The number of anilines is 1. The van der Waals surface area contributed by atoms with Gasteiger partial charge in [0.25, 0.3) is 0 Å². The lowest BCUT2D eigenvalue weighted by Gasteiger charge is -2.18. The molecule has 6 rings (SSSR count). The summed E-state index contributed by atoms with van der Waals surface area (Å²) in [6.45, 7) is 6.58. The van der Waals surface area contributed by atoms with E-state index in [9.17, 15) is 9.90 Å². The molecule has 0 spiro atoms. The number of urea groups is 1. The number of thioether (sulfide) groups is 1. The van der Waals surface area contributed by atoms with Gasteiger partial charge in [0.1, 0.15) is 11.6 Å². The first kappa shape index (κ1) is 31.5. The molecule has 0 atom stereocenters. The summed E-state index contributed by atoms with van der Waals surface area (Å²) in [4.78, 5) is 15.2. The van der Waals surface area contributed by atoms with Crippen molar-refractivity contribution in [3.05, 3.63) is 113 Å². The van der Waals surface area contributed by atoms with Crippen LogP contribution in [-0.4, -0.2) is 41.8 Å². The molecular formula is C34H32ClN7O2S2. The van der Waals surface area contributed by atoms with Crippen LogP contribution in [0.25, 0.3) is 22.7 Å². The molecule has 0 bridgehead atoms.